The van der Waals surface area contributed by atoms with Gasteiger partial charge in [-0.3, -0.25) is 19.2 Å². The third-order valence-corrected chi connectivity index (χ3v) is 5.07. The number of aliphatic hydroxyl groups is 1. The summed E-state index contributed by atoms with van der Waals surface area (Å²) < 4.78 is 0. The van der Waals surface area contributed by atoms with Crippen molar-refractivity contribution in [2.45, 2.75) is 46.6 Å². The zero-order valence-electron chi connectivity index (χ0n) is 30.8. The Balaban J connectivity index is -0.000000136. The number of carbonyl (C=O) groups excluding carboxylic acids is 10. The molecule has 3 rings (SSSR count). The first-order valence-electron chi connectivity index (χ1n) is 15.0. The summed E-state index contributed by atoms with van der Waals surface area (Å²) in [7, 11) is 0. The summed E-state index contributed by atoms with van der Waals surface area (Å²) in [6.45, 7) is 6.36. The van der Waals surface area contributed by atoms with Crippen molar-refractivity contribution in [1.29, 1.82) is 0 Å². The van der Waals surface area contributed by atoms with Gasteiger partial charge >= 0.3 is 48.5 Å². The van der Waals surface area contributed by atoms with E-state index in [0.29, 0.717) is 6.08 Å². The predicted molar refractivity (Wildman–Crippen MR) is 188 cm³/mol. The summed E-state index contributed by atoms with van der Waals surface area (Å²) in [4.78, 5) is 127. The zero-order valence-corrected chi connectivity index (χ0v) is 30.8. The molecule has 19 nitrogen and oxygen atoms in total. The van der Waals surface area contributed by atoms with Crippen molar-refractivity contribution < 1.29 is 92.7 Å². The Bertz CT molecular complexity index is 1600. The SMILES string of the molecule is CC(=O)C(O)C(CC(=O)O)C(=O)O.CC(=O)C/C(=C/C(=O)O)C(=O)O.Cc1ccccc1.Cc1ccccc1.O=C=O.O=C=O.O=C=O.O=C=O.c1ccccc1. The Kier molecular flexibility index (Phi) is 49.5. The van der Waals surface area contributed by atoms with E-state index in [2.05, 4.69) is 38.1 Å². The predicted octanol–water partition coefficient (Wildman–Crippen LogP) is 2.52. The normalized spacial score (nSPS) is 9.18. The van der Waals surface area contributed by atoms with E-state index in [1.54, 1.807) is 0 Å². The van der Waals surface area contributed by atoms with Crippen molar-refractivity contribution in [2.75, 3.05) is 0 Å². The van der Waals surface area contributed by atoms with Gasteiger partial charge < -0.3 is 25.5 Å². The van der Waals surface area contributed by atoms with Gasteiger partial charge in [0.05, 0.1) is 12.0 Å². The third kappa shape index (κ3) is 57.7. The van der Waals surface area contributed by atoms with Crippen LogP contribution < -0.4 is 0 Å². The lowest BCUT2D eigenvalue weighted by Crippen LogP contribution is -2.35. The van der Waals surface area contributed by atoms with Gasteiger partial charge in [0.1, 0.15) is 17.8 Å². The largest absolute Gasteiger partial charge is 0.481 e. The molecule has 57 heavy (non-hydrogen) atoms. The molecule has 0 radical (unpaired) electrons. The molecule has 0 saturated carbocycles. The maximum absolute atomic E-state index is 10.6. The number of aryl methyl sites for hydroxylation is 2. The van der Waals surface area contributed by atoms with E-state index in [9.17, 15) is 28.8 Å². The van der Waals surface area contributed by atoms with Crippen LogP contribution in [0.4, 0.5) is 0 Å². The number of aliphatic carboxylic acids is 4. The maximum Gasteiger partial charge on any atom is 0.373 e. The summed E-state index contributed by atoms with van der Waals surface area (Å²) in [5.74, 6) is -8.33. The van der Waals surface area contributed by atoms with Crippen molar-refractivity contribution in [1.82, 2.24) is 0 Å². The quantitative estimate of drug-likeness (QED) is 0.194. The summed E-state index contributed by atoms with van der Waals surface area (Å²) in [6.07, 6.45) is -1.37. The second-order valence-electron chi connectivity index (χ2n) is 9.59. The Labute approximate surface area is 324 Å². The average Bonchev–Trinajstić information content (AvgIpc) is 3.13. The maximum atomic E-state index is 10.6. The van der Waals surface area contributed by atoms with Crippen molar-refractivity contribution >= 4 is 60.0 Å². The Morgan fingerprint density at radius 2 is 0.842 bits per heavy atom. The van der Waals surface area contributed by atoms with Crippen LogP contribution in [0.1, 0.15) is 37.8 Å². The van der Waals surface area contributed by atoms with E-state index in [1.165, 1.54) is 18.1 Å². The molecule has 19 heteroatoms. The fraction of sp³-hybridized carbons (Fsp3) is 0.211. The van der Waals surface area contributed by atoms with E-state index in [1.807, 2.05) is 72.8 Å². The molecule has 0 saturated heterocycles. The van der Waals surface area contributed by atoms with Crippen molar-refractivity contribution in [2.24, 2.45) is 5.92 Å². The highest BCUT2D eigenvalue weighted by Crippen LogP contribution is 2.10. The van der Waals surface area contributed by atoms with Gasteiger partial charge in [-0.2, -0.15) is 38.4 Å². The van der Waals surface area contributed by atoms with Gasteiger partial charge in [-0.25, -0.2) is 9.59 Å². The molecular formula is C38H40O19. The standard InChI is InChI=1S/C7H10O6.C7H8O5.2C7H8.C6H6.4CO2/c1-3(8)6(11)4(7(12)13)2-5(9)10;1-4(8)2-5(7(11)12)3-6(9)10;2*1-7-5-3-2-4-6-7;1-2-4-6-5-3-1;4*2-1-3/h4,6,11H,2H2,1H3,(H,9,10)(H,12,13);3H,2H2,1H3,(H,9,10)(H,11,12);2*2-6H,1H3;1-6H;;;;/b;5-3-;;;;;;;. The highest BCUT2D eigenvalue weighted by atomic mass is 16.4. The number of Topliss-reactive ketones (excluding diaryl/α,β-unsaturated/α-hetero) is 2. The Morgan fingerprint density at radius 1 is 0.561 bits per heavy atom. The molecule has 2 atom stereocenters. The highest BCUT2D eigenvalue weighted by Gasteiger charge is 2.31. The molecule has 5 N–H and O–H groups in total. The molecule has 3 aromatic carbocycles. The van der Waals surface area contributed by atoms with Crippen LogP contribution in [0, 0.1) is 19.8 Å². The first-order valence-corrected chi connectivity index (χ1v) is 15.0. The van der Waals surface area contributed by atoms with E-state index in [0.717, 1.165) is 6.92 Å². The number of carbonyl (C=O) groups is 6. The van der Waals surface area contributed by atoms with Crippen molar-refractivity contribution in [3.63, 3.8) is 0 Å². The zero-order chi connectivity index (χ0) is 45.6. The minimum atomic E-state index is -1.76. The van der Waals surface area contributed by atoms with Gasteiger partial charge in [0.15, 0.2) is 5.78 Å². The molecule has 0 aliphatic heterocycles. The van der Waals surface area contributed by atoms with Crippen molar-refractivity contribution in [3.8, 4) is 0 Å². The van der Waals surface area contributed by atoms with Gasteiger partial charge in [0.25, 0.3) is 0 Å². The number of ketones is 2. The summed E-state index contributed by atoms with van der Waals surface area (Å²) in [5, 5.41) is 42.3. The molecule has 0 heterocycles. The average molecular weight is 801 g/mol. The van der Waals surface area contributed by atoms with Crippen LogP contribution in [0.15, 0.2) is 109 Å². The van der Waals surface area contributed by atoms with Gasteiger partial charge in [0, 0.05) is 12.5 Å². The molecule has 0 aliphatic carbocycles. The summed E-state index contributed by atoms with van der Waals surface area (Å²) in [6, 6.07) is 32.5. The molecule has 0 aromatic heterocycles. The van der Waals surface area contributed by atoms with Gasteiger partial charge in [0.2, 0.25) is 0 Å². The van der Waals surface area contributed by atoms with Gasteiger partial charge in [-0.1, -0.05) is 108 Å². The molecule has 2 unspecified atom stereocenters. The number of carboxylic acids is 4. The van der Waals surface area contributed by atoms with Crippen LogP contribution >= 0.6 is 0 Å². The van der Waals surface area contributed by atoms with Gasteiger partial charge in [-0.05, 0) is 27.7 Å². The molecule has 0 amide bonds. The summed E-state index contributed by atoms with van der Waals surface area (Å²) >= 11 is 0. The Morgan fingerprint density at radius 3 is 1.00 bits per heavy atom. The molecule has 0 bridgehead atoms. The minimum Gasteiger partial charge on any atom is -0.481 e. The smallest absolute Gasteiger partial charge is 0.373 e. The number of benzene rings is 3. The topological polar surface area (TPSA) is 340 Å². The lowest BCUT2D eigenvalue weighted by molar-refractivity contribution is -0.193. The van der Waals surface area contributed by atoms with Crippen molar-refractivity contribution in [3.05, 3.63) is 120 Å². The van der Waals surface area contributed by atoms with Crippen LogP contribution in [0.25, 0.3) is 0 Å². The second kappa shape index (κ2) is 46.1. The molecule has 3 aromatic rings. The Hall–Kier alpha value is -7.90. The first-order chi connectivity index (χ1) is 26.7. The number of aliphatic hydroxyl groups excluding tert-OH is 1. The fourth-order valence-electron chi connectivity index (χ4n) is 2.86. The minimum absolute atomic E-state index is 0.250. The van der Waals surface area contributed by atoms with E-state index in [4.69, 9.17) is 63.9 Å². The highest BCUT2D eigenvalue weighted by molar-refractivity contribution is 5.99. The molecule has 306 valence electrons. The molecular weight excluding hydrogens is 760 g/mol. The number of rotatable bonds is 9. The van der Waals surface area contributed by atoms with Crippen LogP contribution in [0.5, 0.6) is 0 Å². The lowest BCUT2D eigenvalue weighted by atomic mass is 9.96. The van der Waals surface area contributed by atoms with Crippen LogP contribution in [-0.2, 0) is 67.1 Å². The first kappa shape index (κ1) is 61.2. The number of hydrogen-bond donors (Lipinski definition) is 5. The molecule has 0 aliphatic rings. The van der Waals surface area contributed by atoms with E-state index in [-0.39, 0.29) is 36.8 Å². The monoisotopic (exact) mass is 800 g/mol. The number of carboxylic acid groups (broad SMARTS) is 4. The summed E-state index contributed by atoms with van der Waals surface area (Å²) in [5.41, 5.74) is 2.24. The molecule has 0 spiro atoms. The van der Waals surface area contributed by atoms with Crippen LogP contribution in [-0.4, -0.2) is 91.7 Å². The molecule has 0 fully saturated rings. The van der Waals surface area contributed by atoms with Gasteiger partial charge in [-0.15, -0.1) is 0 Å². The van der Waals surface area contributed by atoms with E-state index >= 15 is 0 Å². The van der Waals surface area contributed by atoms with Crippen LogP contribution in [0.3, 0.4) is 0 Å². The third-order valence-electron chi connectivity index (χ3n) is 5.07. The lowest BCUT2D eigenvalue weighted by Gasteiger charge is -2.13. The fourth-order valence-corrected chi connectivity index (χ4v) is 2.86. The van der Waals surface area contributed by atoms with E-state index < -0.39 is 53.7 Å². The van der Waals surface area contributed by atoms with Crippen LogP contribution in [0.2, 0.25) is 0 Å². The second-order valence-corrected chi connectivity index (χ2v) is 9.59. The number of hydrogen-bond acceptors (Lipinski definition) is 15.